The van der Waals surface area contributed by atoms with Gasteiger partial charge in [-0.2, -0.15) is 0 Å². The van der Waals surface area contributed by atoms with Crippen LogP contribution in [0.25, 0.3) is 6.08 Å². The molecule has 0 atom stereocenters. The first-order valence-corrected chi connectivity index (χ1v) is 5.91. The van der Waals surface area contributed by atoms with Gasteiger partial charge in [-0.3, -0.25) is 9.79 Å². The van der Waals surface area contributed by atoms with Crippen LogP contribution in [-0.2, 0) is 4.79 Å². The lowest BCUT2D eigenvalue weighted by molar-refractivity contribution is -0.117. The van der Waals surface area contributed by atoms with Crippen molar-refractivity contribution < 1.29 is 4.79 Å². The Balaban J connectivity index is 2.23. The molecule has 0 spiro atoms. The highest BCUT2D eigenvalue weighted by Gasteiger charge is 2.11. The maximum absolute atomic E-state index is 11.9. The Morgan fingerprint density at radius 2 is 2.24 bits per heavy atom. The summed E-state index contributed by atoms with van der Waals surface area (Å²) in [5, 5.41) is 2.89. The van der Waals surface area contributed by atoms with E-state index >= 15 is 0 Å². The first kappa shape index (κ1) is 11.6. The lowest BCUT2D eigenvalue weighted by Gasteiger charge is -2.05. The molecule has 0 saturated carbocycles. The summed E-state index contributed by atoms with van der Waals surface area (Å²) in [5.41, 5.74) is 2.70. The highest BCUT2D eigenvalue weighted by molar-refractivity contribution is 6.02. The van der Waals surface area contributed by atoms with E-state index in [0.29, 0.717) is 6.42 Å². The summed E-state index contributed by atoms with van der Waals surface area (Å²) < 4.78 is 0. The van der Waals surface area contributed by atoms with E-state index in [1.165, 1.54) is 0 Å². The summed E-state index contributed by atoms with van der Waals surface area (Å²) in [7, 11) is 0. The molecular weight excluding hydrogens is 212 g/mol. The molecule has 0 aromatic heterocycles. The van der Waals surface area contributed by atoms with Crippen LogP contribution >= 0.6 is 0 Å². The van der Waals surface area contributed by atoms with Crippen molar-refractivity contribution in [3.63, 3.8) is 0 Å². The topological polar surface area (TPSA) is 41.5 Å². The van der Waals surface area contributed by atoms with E-state index in [4.69, 9.17) is 0 Å². The maximum Gasteiger partial charge on any atom is 0.247 e. The van der Waals surface area contributed by atoms with Crippen molar-refractivity contribution in [1.29, 1.82) is 0 Å². The van der Waals surface area contributed by atoms with Crippen molar-refractivity contribution in [2.45, 2.75) is 19.8 Å². The standard InChI is InChI=1S/C14H16N2O/c1-2-8-16-14(17)12-7-9-15-13-6-4-3-5-11(13)10-12/h3-6,9-10H,2,7-8H2,1H3,(H,16,17). The second kappa shape index (κ2) is 5.43. The Morgan fingerprint density at radius 1 is 1.41 bits per heavy atom. The van der Waals surface area contributed by atoms with Crippen LogP contribution in [-0.4, -0.2) is 18.7 Å². The van der Waals surface area contributed by atoms with Gasteiger partial charge in [0.15, 0.2) is 0 Å². The fraction of sp³-hybridized carbons (Fsp3) is 0.286. The summed E-state index contributed by atoms with van der Waals surface area (Å²) in [5.74, 6) is 0.00926. The molecule has 1 aromatic carbocycles. The lowest BCUT2D eigenvalue weighted by Crippen LogP contribution is -2.25. The summed E-state index contributed by atoms with van der Waals surface area (Å²) >= 11 is 0. The summed E-state index contributed by atoms with van der Waals surface area (Å²) in [6.07, 6.45) is 5.25. The summed E-state index contributed by atoms with van der Waals surface area (Å²) in [6.45, 7) is 2.76. The van der Waals surface area contributed by atoms with E-state index in [1.54, 1.807) is 6.21 Å². The van der Waals surface area contributed by atoms with Gasteiger partial charge in [-0.1, -0.05) is 25.1 Å². The molecule has 3 heteroatoms. The number of carbonyl (C=O) groups excluding carboxylic acids is 1. The van der Waals surface area contributed by atoms with Gasteiger partial charge in [0, 0.05) is 30.3 Å². The number of carbonyl (C=O) groups is 1. The Bertz CT molecular complexity index is 475. The van der Waals surface area contributed by atoms with Crippen LogP contribution in [0.15, 0.2) is 34.8 Å². The largest absolute Gasteiger partial charge is 0.352 e. The van der Waals surface area contributed by atoms with E-state index in [0.717, 1.165) is 29.8 Å². The number of rotatable bonds is 3. The molecule has 1 aliphatic heterocycles. The average Bonchev–Trinajstić information content (AvgIpc) is 2.58. The summed E-state index contributed by atoms with van der Waals surface area (Å²) in [6, 6.07) is 7.84. The third kappa shape index (κ3) is 2.81. The van der Waals surface area contributed by atoms with Crippen molar-refractivity contribution in [3.8, 4) is 0 Å². The van der Waals surface area contributed by atoms with E-state index in [-0.39, 0.29) is 5.91 Å². The molecule has 0 aliphatic carbocycles. The number of benzene rings is 1. The van der Waals surface area contributed by atoms with Crippen LogP contribution in [0.5, 0.6) is 0 Å². The molecule has 2 rings (SSSR count). The number of nitrogens with one attached hydrogen (secondary N) is 1. The van der Waals surface area contributed by atoms with Crippen molar-refractivity contribution in [2.24, 2.45) is 4.99 Å². The zero-order chi connectivity index (χ0) is 12.1. The summed E-state index contributed by atoms with van der Waals surface area (Å²) in [4.78, 5) is 16.2. The molecule has 0 bridgehead atoms. The number of fused-ring (bicyclic) bond motifs is 1. The van der Waals surface area contributed by atoms with Crippen LogP contribution in [0.3, 0.4) is 0 Å². The third-order valence-electron chi connectivity index (χ3n) is 2.64. The van der Waals surface area contributed by atoms with Crippen molar-refractivity contribution in [2.75, 3.05) is 6.54 Å². The average molecular weight is 228 g/mol. The Morgan fingerprint density at radius 3 is 3.06 bits per heavy atom. The highest BCUT2D eigenvalue weighted by atomic mass is 16.1. The molecule has 1 N–H and O–H groups in total. The monoisotopic (exact) mass is 228 g/mol. The van der Waals surface area contributed by atoms with Gasteiger partial charge >= 0.3 is 0 Å². The molecule has 1 aromatic rings. The van der Waals surface area contributed by atoms with Crippen molar-refractivity contribution in [3.05, 3.63) is 35.4 Å². The highest BCUT2D eigenvalue weighted by Crippen LogP contribution is 2.24. The minimum Gasteiger partial charge on any atom is -0.352 e. The number of nitrogens with zero attached hydrogens (tertiary/aromatic N) is 1. The fourth-order valence-electron chi connectivity index (χ4n) is 1.73. The van der Waals surface area contributed by atoms with Gasteiger partial charge in [0.25, 0.3) is 0 Å². The molecule has 3 nitrogen and oxygen atoms in total. The van der Waals surface area contributed by atoms with Crippen LogP contribution < -0.4 is 5.32 Å². The van der Waals surface area contributed by atoms with Gasteiger partial charge in [-0.05, 0) is 18.6 Å². The Labute approximate surface area is 101 Å². The molecule has 0 radical (unpaired) electrons. The van der Waals surface area contributed by atoms with Gasteiger partial charge in [0.2, 0.25) is 5.91 Å². The first-order valence-electron chi connectivity index (χ1n) is 5.91. The number of hydrogen-bond donors (Lipinski definition) is 1. The minimum atomic E-state index is 0.00926. The third-order valence-corrected chi connectivity index (χ3v) is 2.64. The lowest BCUT2D eigenvalue weighted by atomic mass is 10.1. The van der Waals surface area contributed by atoms with Crippen LogP contribution in [0, 0.1) is 0 Å². The van der Waals surface area contributed by atoms with E-state index < -0.39 is 0 Å². The zero-order valence-corrected chi connectivity index (χ0v) is 9.94. The van der Waals surface area contributed by atoms with Gasteiger partial charge < -0.3 is 5.32 Å². The molecular formula is C14H16N2O. The second-order valence-corrected chi connectivity index (χ2v) is 4.00. The van der Waals surface area contributed by atoms with Crippen LogP contribution in [0.1, 0.15) is 25.3 Å². The predicted molar refractivity (Wildman–Crippen MR) is 70.5 cm³/mol. The van der Waals surface area contributed by atoms with Crippen molar-refractivity contribution in [1.82, 2.24) is 5.32 Å². The smallest absolute Gasteiger partial charge is 0.247 e. The van der Waals surface area contributed by atoms with Gasteiger partial charge in [0.05, 0.1) is 5.69 Å². The maximum atomic E-state index is 11.9. The van der Waals surface area contributed by atoms with Crippen LogP contribution in [0.2, 0.25) is 0 Å². The quantitative estimate of drug-likeness (QED) is 0.849. The molecule has 17 heavy (non-hydrogen) atoms. The molecule has 1 aliphatic rings. The molecule has 0 unspecified atom stereocenters. The van der Waals surface area contributed by atoms with Gasteiger partial charge in [-0.15, -0.1) is 0 Å². The SMILES string of the molecule is CCCNC(=O)C1=Cc2ccccc2N=CC1. The molecule has 0 fully saturated rings. The second-order valence-electron chi connectivity index (χ2n) is 4.00. The minimum absolute atomic E-state index is 0.00926. The molecule has 1 heterocycles. The van der Waals surface area contributed by atoms with E-state index in [2.05, 4.69) is 10.3 Å². The predicted octanol–water partition coefficient (Wildman–Crippen LogP) is 2.70. The number of amides is 1. The first-order chi connectivity index (χ1) is 8.31. The van der Waals surface area contributed by atoms with E-state index in [1.807, 2.05) is 37.3 Å². The molecule has 1 amide bonds. The number of aliphatic imine (C=N–C) groups is 1. The Kier molecular flexibility index (Phi) is 3.70. The molecule has 88 valence electrons. The fourth-order valence-corrected chi connectivity index (χ4v) is 1.73. The number of para-hydroxylation sites is 1. The molecule has 0 saturated heterocycles. The van der Waals surface area contributed by atoms with Crippen molar-refractivity contribution >= 4 is 23.9 Å². The van der Waals surface area contributed by atoms with Gasteiger partial charge in [0.1, 0.15) is 0 Å². The number of hydrogen-bond acceptors (Lipinski definition) is 2. The Hall–Kier alpha value is -1.90. The zero-order valence-electron chi connectivity index (χ0n) is 9.94. The normalized spacial score (nSPS) is 13.6. The van der Waals surface area contributed by atoms with Gasteiger partial charge in [-0.25, -0.2) is 0 Å². The van der Waals surface area contributed by atoms with Crippen LogP contribution in [0.4, 0.5) is 5.69 Å². The van der Waals surface area contributed by atoms with E-state index in [9.17, 15) is 4.79 Å².